The Morgan fingerprint density at radius 3 is 1.51 bits per heavy atom. The Kier molecular flexibility index (Phi) is 8.49. The molecular formula is C56H37N3. The molecule has 11 aromatic rings. The summed E-state index contributed by atoms with van der Waals surface area (Å²) < 4.78 is 0. The van der Waals surface area contributed by atoms with Crippen LogP contribution in [0.15, 0.2) is 224 Å². The number of aromatic nitrogens is 2. The molecule has 276 valence electrons. The number of benzene rings is 9. The van der Waals surface area contributed by atoms with Gasteiger partial charge in [-0.3, -0.25) is 0 Å². The van der Waals surface area contributed by atoms with E-state index >= 15 is 0 Å². The van der Waals surface area contributed by atoms with E-state index in [4.69, 9.17) is 9.97 Å². The van der Waals surface area contributed by atoms with Crippen molar-refractivity contribution in [2.24, 2.45) is 0 Å². The summed E-state index contributed by atoms with van der Waals surface area (Å²) in [5.41, 5.74) is 13.9. The van der Waals surface area contributed by atoms with Gasteiger partial charge < -0.3 is 4.90 Å². The first kappa shape index (κ1) is 34.4. The van der Waals surface area contributed by atoms with Gasteiger partial charge >= 0.3 is 0 Å². The molecule has 0 atom stereocenters. The molecule has 3 nitrogen and oxygen atoms in total. The minimum absolute atomic E-state index is 0.930. The first-order valence-electron chi connectivity index (χ1n) is 20.1. The van der Waals surface area contributed by atoms with E-state index in [9.17, 15) is 0 Å². The van der Waals surface area contributed by atoms with E-state index in [-0.39, 0.29) is 0 Å². The predicted molar refractivity (Wildman–Crippen MR) is 248 cm³/mol. The van der Waals surface area contributed by atoms with Crippen molar-refractivity contribution in [1.29, 1.82) is 0 Å². The minimum Gasteiger partial charge on any atom is -0.310 e. The van der Waals surface area contributed by atoms with Crippen molar-refractivity contribution < 1.29 is 0 Å². The fourth-order valence-electron chi connectivity index (χ4n) is 8.65. The largest absolute Gasteiger partial charge is 0.310 e. The number of rotatable bonds is 7. The fourth-order valence-corrected chi connectivity index (χ4v) is 8.65. The van der Waals surface area contributed by atoms with Gasteiger partial charge in [-0.1, -0.05) is 170 Å². The molecular weight excluding hydrogens is 715 g/mol. The van der Waals surface area contributed by atoms with Gasteiger partial charge in [0.15, 0.2) is 0 Å². The molecule has 2 heterocycles. The molecule has 0 bridgehead atoms. The predicted octanol–water partition coefficient (Wildman–Crippen LogP) is 15.2. The van der Waals surface area contributed by atoms with E-state index in [0.29, 0.717) is 0 Å². The number of pyridine rings is 2. The first-order valence-corrected chi connectivity index (χ1v) is 20.1. The molecule has 0 unspecified atom stereocenters. The number of anilines is 3. The molecule has 0 aliphatic carbocycles. The van der Waals surface area contributed by atoms with Crippen LogP contribution in [0.4, 0.5) is 17.1 Å². The number of hydrogen-bond acceptors (Lipinski definition) is 3. The quantitative estimate of drug-likeness (QED) is 0.152. The summed E-state index contributed by atoms with van der Waals surface area (Å²) in [4.78, 5) is 13.2. The summed E-state index contributed by atoms with van der Waals surface area (Å²) in [5, 5.41) is 6.84. The highest BCUT2D eigenvalue weighted by molar-refractivity contribution is 6.25. The number of para-hydroxylation sites is 3. The smallest absolute Gasteiger partial charge is 0.0788 e. The van der Waals surface area contributed by atoms with Crippen molar-refractivity contribution in [1.82, 2.24) is 9.97 Å². The van der Waals surface area contributed by atoms with E-state index in [2.05, 4.69) is 229 Å². The summed E-state index contributed by atoms with van der Waals surface area (Å²) >= 11 is 0. The molecule has 0 amide bonds. The van der Waals surface area contributed by atoms with Crippen LogP contribution in [0.2, 0.25) is 0 Å². The summed E-state index contributed by atoms with van der Waals surface area (Å²) in [6, 6.07) is 79.7. The van der Waals surface area contributed by atoms with Crippen molar-refractivity contribution in [3.8, 4) is 44.8 Å². The van der Waals surface area contributed by atoms with E-state index in [0.717, 1.165) is 83.3 Å². The van der Waals surface area contributed by atoms with E-state index < -0.39 is 0 Å². The van der Waals surface area contributed by atoms with Crippen LogP contribution in [0.1, 0.15) is 0 Å². The van der Waals surface area contributed by atoms with Crippen LogP contribution in [-0.4, -0.2) is 9.97 Å². The molecule has 9 aromatic carbocycles. The number of hydrogen-bond donors (Lipinski definition) is 0. The van der Waals surface area contributed by atoms with Crippen molar-refractivity contribution in [3.63, 3.8) is 0 Å². The van der Waals surface area contributed by atoms with Gasteiger partial charge in [-0.2, -0.15) is 0 Å². The highest BCUT2D eigenvalue weighted by atomic mass is 15.1. The third-order valence-corrected chi connectivity index (χ3v) is 11.4. The molecule has 2 aromatic heterocycles. The lowest BCUT2D eigenvalue weighted by Crippen LogP contribution is -2.09. The summed E-state index contributed by atoms with van der Waals surface area (Å²) in [6.45, 7) is 0. The zero-order valence-corrected chi connectivity index (χ0v) is 32.2. The monoisotopic (exact) mass is 751 g/mol. The van der Waals surface area contributed by atoms with Gasteiger partial charge in [-0.25, -0.2) is 9.97 Å². The zero-order valence-electron chi connectivity index (χ0n) is 32.2. The second kappa shape index (κ2) is 14.6. The Labute approximate surface area is 343 Å². The van der Waals surface area contributed by atoms with E-state index in [1.54, 1.807) is 0 Å². The summed E-state index contributed by atoms with van der Waals surface area (Å²) in [7, 11) is 0. The Morgan fingerprint density at radius 1 is 0.288 bits per heavy atom. The SMILES string of the molecule is c1ccc(-c2ccc(-c3cc(-c4cc5c(-c6ccccc6)nc6cc(N(c7ccccc7)c7ccccc7)ccc6c5c5ccccc45)nc4ccccc34)cc2)cc1. The number of nitrogens with zero attached hydrogens (tertiary/aromatic N) is 3. The zero-order chi connectivity index (χ0) is 39.1. The second-order valence-electron chi connectivity index (χ2n) is 14.9. The molecule has 0 radical (unpaired) electrons. The van der Waals surface area contributed by atoms with Crippen LogP contribution < -0.4 is 4.90 Å². The standard InChI is InChI=1S/C56H37N3/c1-5-17-38(18-6-1)39-29-31-40(32-30-39)49-37-54(57-52-28-16-15-26-46(49)52)50-36-51-55(47-27-14-13-25-45(47)50)48-34-33-44(35-53(48)58-56(51)41-19-7-2-8-20-41)59(42-21-9-3-10-22-42)43-23-11-4-12-24-43/h1-37H. The molecule has 0 fully saturated rings. The lowest BCUT2D eigenvalue weighted by molar-refractivity contribution is 1.28. The number of fused-ring (bicyclic) bond motifs is 6. The topological polar surface area (TPSA) is 29.0 Å². The van der Waals surface area contributed by atoms with Crippen LogP contribution in [0.5, 0.6) is 0 Å². The van der Waals surface area contributed by atoms with Crippen LogP contribution in [0.25, 0.3) is 88.1 Å². The summed E-state index contributed by atoms with van der Waals surface area (Å²) in [5.74, 6) is 0. The van der Waals surface area contributed by atoms with Gasteiger partial charge in [0.2, 0.25) is 0 Å². The van der Waals surface area contributed by atoms with Crippen LogP contribution in [-0.2, 0) is 0 Å². The first-order chi connectivity index (χ1) is 29.3. The van der Waals surface area contributed by atoms with Crippen molar-refractivity contribution in [2.45, 2.75) is 0 Å². The van der Waals surface area contributed by atoms with Gasteiger partial charge in [0.1, 0.15) is 0 Å². The molecule has 0 aliphatic heterocycles. The molecule has 0 saturated carbocycles. The Morgan fingerprint density at radius 2 is 0.831 bits per heavy atom. The Balaban J connectivity index is 1.15. The lowest BCUT2D eigenvalue weighted by Gasteiger charge is -2.26. The maximum Gasteiger partial charge on any atom is 0.0788 e. The highest BCUT2D eigenvalue weighted by Gasteiger charge is 2.20. The van der Waals surface area contributed by atoms with E-state index in [1.165, 1.54) is 21.9 Å². The second-order valence-corrected chi connectivity index (χ2v) is 14.9. The van der Waals surface area contributed by atoms with Gasteiger partial charge in [0, 0.05) is 49.7 Å². The Hall–Kier alpha value is -7.88. The molecule has 0 saturated heterocycles. The lowest BCUT2D eigenvalue weighted by atomic mass is 9.90. The van der Waals surface area contributed by atoms with Crippen molar-refractivity contribution in [3.05, 3.63) is 224 Å². The van der Waals surface area contributed by atoms with Gasteiger partial charge in [-0.15, -0.1) is 0 Å². The summed E-state index contributed by atoms with van der Waals surface area (Å²) in [6.07, 6.45) is 0. The maximum absolute atomic E-state index is 5.55. The van der Waals surface area contributed by atoms with Crippen LogP contribution in [0, 0.1) is 0 Å². The molecule has 0 spiro atoms. The third-order valence-electron chi connectivity index (χ3n) is 11.4. The fraction of sp³-hybridized carbons (Fsp3) is 0. The van der Waals surface area contributed by atoms with Crippen LogP contribution >= 0.6 is 0 Å². The van der Waals surface area contributed by atoms with Gasteiger partial charge in [0.25, 0.3) is 0 Å². The molecule has 59 heavy (non-hydrogen) atoms. The molecule has 3 heteroatoms. The van der Waals surface area contributed by atoms with Crippen molar-refractivity contribution in [2.75, 3.05) is 4.90 Å². The average Bonchev–Trinajstić information content (AvgIpc) is 3.32. The third kappa shape index (κ3) is 6.17. The average molecular weight is 752 g/mol. The van der Waals surface area contributed by atoms with Crippen LogP contribution in [0.3, 0.4) is 0 Å². The van der Waals surface area contributed by atoms with E-state index in [1.807, 2.05) is 0 Å². The molecule has 0 aliphatic rings. The molecule has 11 rings (SSSR count). The van der Waals surface area contributed by atoms with Crippen molar-refractivity contribution >= 4 is 60.4 Å². The highest BCUT2D eigenvalue weighted by Crippen LogP contribution is 2.44. The molecule has 0 N–H and O–H groups in total. The minimum atomic E-state index is 0.930. The Bertz CT molecular complexity index is 3250. The maximum atomic E-state index is 5.55. The van der Waals surface area contributed by atoms with Gasteiger partial charge in [0.05, 0.1) is 22.4 Å². The normalized spacial score (nSPS) is 11.4. The van der Waals surface area contributed by atoms with Gasteiger partial charge in [-0.05, 0) is 87.6 Å².